The van der Waals surface area contributed by atoms with Crippen molar-refractivity contribution in [2.24, 2.45) is 0 Å². The fraction of sp³-hybridized carbons (Fsp3) is 0.143. The summed E-state index contributed by atoms with van der Waals surface area (Å²) >= 11 is 11.9. The molecule has 0 unspecified atom stereocenters. The Morgan fingerprint density at radius 1 is 1.10 bits per heavy atom. The van der Waals surface area contributed by atoms with Gasteiger partial charge in [0, 0.05) is 7.05 Å². The summed E-state index contributed by atoms with van der Waals surface area (Å²) < 4.78 is 26.6. The number of rotatable bonds is 3. The molecule has 0 aliphatic rings. The van der Waals surface area contributed by atoms with Gasteiger partial charge in [-0.25, -0.2) is 8.42 Å². The van der Waals surface area contributed by atoms with Crippen LogP contribution in [0, 0.1) is 6.92 Å². The third-order valence-corrected chi connectivity index (χ3v) is 5.85. The molecule has 0 spiro atoms. The Balaban J connectivity index is 2.58. The molecule has 0 atom stereocenters. The molecule has 0 amide bonds. The monoisotopic (exact) mass is 344 g/mol. The molecule has 112 valence electrons. The number of para-hydroxylation sites is 1. The number of halogens is 2. The molecule has 2 aromatic carbocycles. The van der Waals surface area contributed by atoms with Crippen molar-refractivity contribution >= 4 is 44.6 Å². The van der Waals surface area contributed by atoms with Gasteiger partial charge in [-0.2, -0.15) is 0 Å². The number of sulfonamides is 1. The predicted octanol–water partition coefficient (Wildman–Crippen LogP) is 3.71. The lowest BCUT2D eigenvalue weighted by Crippen LogP contribution is -2.27. The highest BCUT2D eigenvalue weighted by molar-refractivity contribution is 7.93. The fourth-order valence-corrected chi connectivity index (χ4v) is 3.94. The Kier molecular flexibility index (Phi) is 4.37. The molecule has 2 N–H and O–H groups in total. The molecule has 21 heavy (non-hydrogen) atoms. The molecule has 7 heteroatoms. The average molecular weight is 345 g/mol. The van der Waals surface area contributed by atoms with Gasteiger partial charge in [0.05, 0.1) is 21.4 Å². The van der Waals surface area contributed by atoms with Crippen LogP contribution >= 0.6 is 23.2 Å². The minimum absolute atomic E-state index is 0.0533. The minimum Gasteiger partial charge on any atom is -0.396 e. The van der Waals surface area contributed by atoms with Crippen molar-refractivity contribution in [3.63, 3.8) is 0 Å². The Bertz CT molecular complexity index is 792. The molecule has 0 bridgehead atoms. The third kappa shape index (κ3) is 2.81. The Morgan fingerprint density at radius 2 is 1.71 bits per heavy atom. The van der Waals surface area contributed by atoms with Crippen LogP contribution in [-0.4, -0.2) is 15.5 Å². The fourth-order valence-electron chi connectivity index (χ4n) is 1.94. The summed E-state index contributed by atoms with van der Waals surface area (Å²) in [5.74, 6) is 0. The first-order valence-electron chi connectivity index (χ1n) is 6.05. The van der Waals surface area contributed by atoms with Crippen LogP contribution < -0.4 is 10.0 Å². The molecule has 0 radical (unpaired) electrons. The van der Waals surface area contributed by atoms with E-state index in [9.17, 15) is 8.42 Å². The Hall–Kier alpha value is -1.43. The van der Waals surface area contributed by atoms with Gasteiger partial charge in [-0.15, -0.1) is 0 Å². The Labute approximate surface area is 134 Å². The summed E-state index contributed by atoms with van der Waals surface area (Å²) in [6.07, 6.45) is 0. The van der Waals surface area contributed by atoms with Crippen LogP contribution in [0.25, 0.3) is 0 Å². The highest BCUT2D eigenvalue weighted by atomic mass is 35.5. The van der Waals surface area contributed by atoms with Gasteiger partial charge >= 0.3 is 0 Å². The van der Waals surface area contributed by atoms with E-state index in [0.717, 1.165) is 5.56 Å². The van der Waals surface area contributed by atoms with E-state index in [4.69, 9.17) is 28.9 Å². The van der Waals surface area contributed by atoms with Crippen LogP contribution in [0.2, 0.25) is 10.0 Å². The topological polar surface area (TPSA) is 63.4 Å². The van der Waals surface area contributed by atoms with Crippen molar-refractivity contribution < 1.29 is 8.42 Å². The molecule has 2 aromatic rings. The highest BCUT2D eigenvalue weighted by Crippen LogP contribution is 2.35. The van der Waals surface area contributed by atoms with Crippen LogP contribution in [0.5, 0.6) is 0 Å². The van der Waals surface area contributed by atoms with Gasteiger partial charge in [0.1, 0.15) is 4.90 Å². The molecule has 2 rings (SSSR count). The first-order valence-corrected chi connectivity index (χ1v) is 8.24. The number of nitrogen functional groups attached to an aromatic ring is 1. The zero-order valence-electron chi connectivity index (χ0n) is 11.5. The lowest BCUT2D eigenvalue weighted by Gasteiger charge is -2.22. The van der Waals surface area contributed by atoms with Gasteiger partial charge in [0.15, 0.2) is 0 Å². The normalized spacial score (nSPS) is 11.4. The van der Waals surface area contributed by atoms with Crippen molar-refractivity contribution in [1.82, 2.24) is 0 Å². The molecule has 0 fully saturated rings. The van der Waals surface area contributed by atoms with Crippen molar-refractivity contribution in [2.75, 3.05) is 17.1 Å². The molecular formula is C14H14Cl2N2O2S. The molecule has 0 aliphatic heterocycles. The summed E-state index contributed by atoms with van der Waals surface area (Å²) in [6, 6.07) is 9.93. The van der Waals surface area contributed by atoms with Gasteiger partial charge in [-0.1, -0.05) is 41.4 Å². The number of hydrogen-bond acceptors (Lipinski definition) is 3. The second kappa shape index (κ2) is 5.75. The number of nitrogens with two attached hydrogens (primary N) is 1. The number of nitrogens with zero attached hydrogens (tertiary/aromatic N) is 1. The quantitative estimate of drug-likeness (QED) is 0.863. The Morgan fingerprint density at radius 3 is 2.33 bits per heavy atom. The van der Waals surface area contributed by atoms with E-state index in [0.29, 0.717) is 5.69 Å². The largest absolute Gasteiger partial charge is 0.396 e. The first kappa shape index (κ1) is 15.9. The van der Waals surface area contributed by atoms with Gasteiger partial charge < -0.3 is 5.73 Å². The van der Waals surface area contributed by atoms with Crippen molar-refractivity contribution in [1.29, 1.82) is 0 Å². The maximum atomic E-state index is 12.7. The first-order chi connectivity index (χ1) is 9.76. The second-order valence-electron chi connectivity index (χ2n) is 4.53. The molecule has 0 saturated heterocycles. The predicted molar refractivity (Wildman–Crippen MR) is 87.6 cm³/mol. The van der Waals surface area contributed by atoms with Gasteiger partial charge in [-0.05, 0) is 30.7 Å². The van der Waals surface area contributed by atoms with E-state index < -0.39 is 10.0 Å². The summed E-state index contributed by atoms with van der Waals surface area (Å²) in [7, 11) is -2.35. The minimum atomic E-state index is -3.82. The molecule has 0 heterocycles. The molecule has 0 saturated carbocycles. The summed E-state index contributed by atoms with van der Waals surface area (Å²) in [4.78, 5) is -0.0724. The lowest BCUT2D eigenvalue weighted by molar-refractivity contribution is 0.594. The van der Waals surface area contributed by atoms with Gasteiger partial charge in [-0.3, -0.25) is 4.31 Å². The number of aryl methyl sites for hydroxylation is 1. The molecule has 4 nitrogen and oxygen atoms in total. The van der Waals surface area contributed by atoms with Crippen LogP contribution in [0.3, 0.4) is 0 Å². The van der Waals surface area contributed by atoms with Crippen LogP contribution in [0.15, 0.2) is 41.3 Å². The van der Waals surface area contributed by atoms with E-state index in [1.54, 1.807) is 12.1 Å². The van der Waals surface area contributed by atoms with E-state index in [2.05, 4.69) is 0 Å². The van der Waals surface area contributed by atoms with E-state index in [1.807, 2.05) is 19.1 Å². The van der Waals surface area contributed by atoms with Crippen LogP contribution in [0.1, 0.15) is 5.56 Å². The summed E-state index contributed by atoms with van der Waals surface area (Å²) in [6.45, 7) is 1.83. The van der Waals surface area contributed by atoms with Crippen molar-refractivity contribution in [2.45, 2.75) is 11.8 Å². The van der Waals surface area contributed by atoms with Crippen molar-refractivity contribution in [3.8, 4) is 0 Å². The smallest absolute Gasteiger partial charge is 0.265 e. The van der Waals surface area contributed by atoms with Crippen molar-refractivity contribution in [3.05, 3.63) is 52.0 Å². The zero-order valence-corrected chi connectivity index (χ0v) is 13.8. The molecule has 0 aliphatic carbocycles. The highest BCUT2D eigenvalue weighted by Gasteiger charge is 2.26. The number of hydrogen-bond donors (Lipinski definition) is 1. The number of benzene rings is 2. The maximum absolute atomic E-state index is 12.7. The molecule has 0 aromatic heterocycles. The second-order valence-corrected chi connectivity index (χ2v) is 7.26. The van der Waals surface area contributed by atoms with E-state index >= 15 is 0 Å². The van der Waals surface area contributed by atoms with Crippen LogP contribution in [0.4, 0.5) is 11.4 Å². The number of anilines is 2. The van der Waals surface area contributed by atoms with Crippen LogP contribution in [-0.2, 0) is 10.0 Å². The third-order valence-electron chi connectivity index (χ3n) is 3.18. The zero-order chi connectivity index (χ0) is 15.8. The van der Waals surface area contributed by atoms with Gasteiger partial charge in [0.2, 0.25) is 0 Å². The maximum Gasteiger partial charge on any atom is 0.265 e. The SMILES string of the molecule is Cc1ccccc1N(C)S(=O)(=O)c1ccc(Cl)c(N)c1Cl. The van der Waals surface area contributed by atoms with Gasteiger partial charge in [0.25, 0.3) is 10.0 Å². The standard InChI is InChI=1S/C14H14Cl2N2O2S/c1-9-5-3-4-6-11(9)18(2)21(19,20)12-8-7-10(15)14(17)13(12)16/h3-8H,17H2,1-2H3. The molecular weight excluding hydrogens is 331 g/mol. The lowest BCUT2D eigenvalue weighted by atomic mass is 10.2. The summed E-state index contributed by atoms with van der Waals surface area (Å²) in [5, 5.41) is 0.153. The summed E-state index contributed by atoms with van der Waals surface area (Å²) in [5.41, 5.74) is 7.16. The van der Waals surface area contributed by atoms with E-state index in [1.165, 1.54) is 23.5 Å². The average Bonchev–Trinajstić information content (AvgIpc) is 2.44. The van der Waals surface area contributed by atoms with E-state index in [-0.39, 0.29) is 20.6 Å².